The Hall–Kier alpha value is -4.59. The second kappa shape index (κ2) is 9.91. The van der Waals surface area contributed by atoms with E-state index in [1.165, 1.54) is 0 Å². The minimum Gasteiger partial charge on any atom is -0.497 e. The molecule has 0 radical (unpaired) electrons. The van der Waals surface area contributed by atoms with Gasteiger partial charge in [-0.3, -0.25) is 9.59 Å². The van der Waals surface area contributed by atoms with Crippen LogP contribution >= 0.6 is 0 Å². The highest BCUT2D eigenvalue weighted by molar-refractivity contribution is 6.15. The molecular weight excluding hydrogens is 434 g/mol. The van der Waals surface area contributed by atoms with Gasteiger partial charge in [0.25, 0.3) is 5.91 Å². The summed E-state index contributed by atoms with van der Waals surface area (Å²) >= 11 is 0. The standard InChI is InChI=1S/C26H23N3O5/c1-33-21-12-10-20(11-13-21)27-24(30)16-29-25(31)23(28-26(29)32)14-17-6-8-18(9-7-17)19-4-3-5-22(15-19)34-2/h3-15H,16H2,1-2H3,(H,27,30)(H,28,32). The van der Waals surface area contributed by atoms with Crippen molar-refractivity contribution < 1.29 is 23.9 Å². The van der Waals surface area contributed by atoms with Crippen LogP contribution in [0.5, 0.6) is 11.5 Å². The molecule has 1 aliphatic rings. The molecule has 1 saturated heterocycles. The monoisotopic (exact) mass is 457 g/mol. The molecule has 34 heavy (non-hydrogen) atoms. The number of amides is 4. The smallest absolute Gasteiger partial charge is 0.329 e. The topological polar surface area (TPSA) is 97.0 Å². The van der Waals surface area contributed by atoms with E-state index in [2.05, 4.69) is 10.6 Å². The number of carbonyl (C=O) groups is 3. The molecule has 1 aliphatic heterocycles. The normalized spacial score (nSPS) is 14.2. The molecule has 0 spiro atoms. The highest BCUT2D eigenvalue weighted by atomic mass is 16.5. The molecule has 4 rings (SSSR count). The lowest BCUT2D eigenvalue weighted by atomic mass is 10.0. The van der Waals surface area contributed by atoms with Gasteiger partial charge in [-0.05, 0) is 59.2 Å². The maximum Gasteiger partial charge on any atom is 0.329 e. The zero-order valence-electron chi connectivity index (χ0n) is 18.7. The molecule has 0 unspecified atom stereocenters. The Bertz CT molecular complexity index is 1250. The van der Waals surface area contributed by atoms with E-state index in [1.54, 1.807) is 44.6 Å². The number of benzene rings is 3. The summed E-state index contributed by atoms with van der Waals surface area (Å²) in [6.07, 6.45) is 1.58. The van der Waals surface area contributed by atoms with E-state index in [1.807, 2.05) is 48.5 Å². The second-order valence-electron chi connectivity index (χ2n) is 7.51. The fourth-order valence-corrected chi connectivity index (χ4v) is 3.47. The van der Waals surface area contributed by atoms with Gasteiger partial charge in [0.2, 0.25) is 5.91 Å². The summed E-state index contributed by atoms with van der Waals surface area (Å²) in [6, 6.07) is 21.3. The maximum atomic E-state index is 12.7. The van der Waals surface area contributed by atoms with E-state index in [0.717, 1.165) is 27.3 Å². The molecule has 172 valence electrons. The van der Waals surface area contributed by atoms with Crippen LogP contribution in [0, 0.1) is 0 Å². The van der Waals surface area contributed by atoms with E-state index in [9.17, 15) is 14.4 Å². The predicted octanol–water partition coefficient (Wildman–Crippen LogP) is 3.90. The Morgan fingerprint density at radius 3 is 2.29 bits per heavy atom. The summed E-state index contributed by atoms with van der Waals surface area (Å²) in [6.45, 7) is -0.400. The van der Waals surface area contributed by atoms with Gasteiger partial charge in [-0.25, -0.2) is 9.69 Å². The first kappa shape index (κ1) is 22.6. The molecule has 2 N–H and O–H groups in total. The number of ether oxygens (including phenoxy) is 2. The fraction of sp³-hybridized carbons (Fsp3) is 0.115. The molecule has 1 heterocycles. The van der Waals surface area contributed by atoms with Crippen LogP contribution < -0.4 is 20.1 Å². The summed E-state index contributed by atoms with van der Waals surface area (Å²) in [4.78, 5) is 38.2. The van der Waals surface area contributed by atoms with Gasteiger partial charge in [0.1, 0.15) is 23.7 Å². The molecule has 4 amide bonds. The van der Waals surface area contributed by atoms with E-state index in [4.69, 9.17) is 9.47 Å². The molecule has 0 bridgehead atoms. The average Bonchev–Trinajstić information content (AvgIpc) is 3.12. The maximum absolute atomic E-state index is 12.7. The lowest BCUT2D eigenvalue weighted by molar-refractivity contribution is -0.127. The third-order valence-electron chi connectivity index (χ3n) is 5.26. The minimum absolute atomic E-state index is 0.108. The largest absolute Gasteiger partial charge is 0.497 e. The number of imide groups is 1. The first-order valence-electron chi connectivity index (χ1n) is 10.5. The number of nitrogens with zero attached hydrogens (tertiary/aromatic N) is 1. The predicted molar refractivity (Wildman–Crippen MR) is 128 cm³/mol. The van der Waals surface area contributed by atoms with Gasteiger partial charge >= 0.3 is 6.03 Å². The third kappa shape index (κ3) is 5.07. The van der Waals surface area contributed by atoms with Crippen LogP contribution in [0.15, 0.2) is 78.5 Å². The van der Waals surface area contributed by atoms with E-state index >= 15 is 0 Å². The van der Waals surface area contributed by atoms with Crippen LogP contribution in [0.1, 0.15) is 5.56 Å². The molecule has 1 fully saturated rings. The van der Waals surface area contributed by atoms with Crippen LogP contribution in [0.4, 0.5) is 10.5 Å². The molecule has 3 aromatic rings. The molecule has 3 aromatic carbocycles. The number of rotatable bonds is 7. The first-order valence-corrected chi connectivity index (χ1v) is 10.5. The molecular formula is C26H23N3O5. The van der Waals surface area contributed by atoms with Gasteiger partial charge < -0.3 is 20.1 Å². The lowest BCUT2D eigenvalue weighted by Gasteiger charge is -2.12. The lowest BCUT2D eigenvalue weighted by Crippen LogP contribution is -2.38. The van der Waals surface area contributed by atoms with Crippen molar-refractivity contribution in [1.82, 2.24) is 10.2 Å². The number of anilines is 1. The summed E-state index contributed by atoms with van der Waals surface area (Å²) in [5.74, 6) is 0.363. The van der Waals surface area contributed by atoms with E-state index in [-0.39, 0.29) is 5.70 Å². The van der Waals surface area contributed by atoms with Crippen molar-refractivity contribution in [1.29, 1.82) is 0 Å². The molecule has 0 aliphatic carbocycles. The SMILES string of the molecule is COc1ccc(NC(=O)CN2C(=O)NC(=Cc3ccc(-c4cccc(OC)c4)cc3)C2=O)cc1. The van der Waals surface area contributed by atoms with Crippen molar-refractivity contribution in [3.8, 4) is 22.6 Å². The molecule has 0 atom stereocenters. The summed E-state index contributed by atoms with van der Waals surface area (Å²) in [5.41, 5.74) is 3.36. The quantitative estimate of drug-likeness (QED) is 0.414. The van der Waals surface area contributed by atoms with E-state index in [0.29, 0.717) is 11.4 Å². The van der Waals surface area contributed by atoms with Crippen molar-refractivity contribution in [3.05, 3.63) is 84.1 Å². The van der Waals surface area contributed by atoms with Crippen molar-refractivity contribution in [2.45, 2.75) is 0 Å². The Balaban J connectivity index is 1.42. The third-order valence-corrected chi connectivity index (χ3v) is 5.26. The van der Waals surface area contributed by atoms with Gasteiger partial charge in [0.05, 0.1) is 14.2 Å². The number of urea groups is 1. The Kier molecular flexibility index (Phi) is 6.59. The van der Waals surface area contributed by atoms with Crippen molar-refractivity contribution >= 4 is 29.6 Å². The molecule has 8 heteroatoms. The highest BCUT2D eigenvalue weighted by Crippen LogP contribution is 2.25. The zero-order chi connectivity index (χ0) is 24.1. The number of hydrogen-bond donors (Lipinski definition) is 2. The number of hydrogen-bond acceptors (Lipinski definition) is 5. The number of carbonyl (C=O) groups excluding carboxylic acids is 3. The molecule has 0 aromatic heterocycles. The summed E-state index contributed by atoms with van der Waals surface area (Å²) in [5, 5.41) is 5.19. The van der Waals surface area contributed by atoms with Gasteiger partial charge in [0.15, 0.2) is 0 Å². The van der Waals surface area contributed by atoms with Crippen LogP contribution in [0.25, 0.3) is 17.2 Å². The minimum atomic E-state index is -0.644. The van der Waals surface area contributed by atoms with Crippen molar-refractivity contribution in [2.75, 3.05) is 26.1 Å². The van der Waals surface area contributed by atoms with Crippen LogP contribution in [0.3, 0.4) is 0 Å². The number of methoxy groups -OCH3 is 2. The van der Waals surface area contributed by atoms with Gasteiger partial charge in [-0.2, -0.15) is 0 Å². The van der Waals surface area contributed by atoms with Gasteiger partial charge in [-0.1, -0.05) is 36.4 Å². The van der Waals surface area contributed by atoms with Crippen LogP contribution in [-0.2, 0) is 9.59 Å². The second-order valence-corrected chi connectivity index (χ2v) is 7.51. The Morgan fingerprint density at radius 2 is 1.62 bits per heavy atom. The average molecular weight is 457 g/mol. The summed E-state index contributed by atoms with van der Waals surface area (Å²) in [7, 11) is 3.17. The molecule has 8 nitrogen and oxygen atoms in total. The van der Waals surface area contributed by atoms with Crippen LogP contribution in [-0.4, -0.2) is 43.5 Å². The first-order chi connectivity index (χ1) is 16.5. The van der Waals surface area contributed by atoms with Gasteiger partial charge in [-0.15, -0.1) is 0 Å². The van der Waals surface area contributed by atoms with Crippen molar-refractivity contribution in [2.24, 2.45) is 0 Å². The highest BCUT2D eigenvalue weighted by Gasteiger charge is 2.34. The molecule has 0 saturated carbocycles. The zero-order valence-corrected chi connectivity index (χ0v) is 18.7. The number of nitrogens with one attached hydrogen (secondary N) is 2. The summed E-state index contributed by atoms with van der Waals surface area (Å²) < 4.78 is 10.3. The van der Waals surface area contributed by atoms with Crippen LogP contribution in [0.2, 0.25) is 0 Å². The van der Waals surface area contributed by atoms with E-state index < -0.39 is 24.4 Å². The van der Waals surface area contributed by atoms with Crippen molar-refractivity contribution in [3.63, 3.8) is 0 Å². The van der Waals surface area contributed by atoms with Gasteiger partial charge in [0, 0.05) is 5.69 Å². The fourth-order valence-electron chi connectivity index (χ4n) is 3.47. The Labute approximate surface area is 196 Å². The Morgan fingerprint density at radius 1 is 0.912 bits per heavy atom.